The summed E-state index contributed by atoms with van der Waals surface area (Å²) in [5.41, 5.74) is 1.24. The Labute approximate surface area is 235 Å². The lowest BCUT2D eigenvalue weighted by Crippen LogP contribution is -2.53. The third-order valence-corrected chi connectivity index (χ3v) is 9.50. The summed E-state index contributed by atoms with van der Waals surface area (Å²) < 4.78 is 0. The minimum atomic E-state index is -0.822. The van der Waals surface area contributed by atoms with E-state index in [-0.39, 0.29) is 24.8 Å². The summed E-state index contributed by atoms with van der Waals surface area (Å²) in [6.45, 7) is 8.17. The van der Waals surface area contributed by atoms with Gasteiger partial charge in [-0.05, 0) is 39.3 Å². The highest BCUT2D eigenvalue weighted by Gasteiger charge is 2.27. The molecule has 3 aromatic rings. The number of piperazine rings is 1. The van der Waals surface area contributed by atoms with Crippen molar-refractivity contribution in [3.05, 3.63) is 44.4 Å². The van der Waals surface area contributed by atoms with Crippen molar-refractivity contribution in [3.63, 3.8) is 0 Å². The van der Waals surface area contributed by atoms with E-state index in [1.54, 1.807) is 28.9 Å². The van der Waals surface area contributed by atoms with Gasteiger partial charge in [-0.1, -0.05) is 11.6 Å². The lowest BCUT2D eigenvalue weighted by Gasteiger charge is -2.39. The van der Waals surface area contributed by atoms with Gasteiger partial charge in [0.05, 0.1) is 41.0 Å². The molecule has 0 aromatic carbocycles. The van der Waals surface area contributed by atoms with Gasteiger partial charge in [-0.15, -0.1) is 22.7 Å². The number of thiophene rings is 1. The van der Waals surface area contributed by atoms with Crippen molar-refractivity contribution in [2.24, 2.45) is 0 Å². The van der Waals surface area contributed by atoms with Gasteiger partial charge in [0.2, 0.25) is 0 Å². The molecule has 12 heteroatoms. The van der Waals surface area contributed by atoms with Crippen molar-refractivity contribution in [1.29, 1.82) is 0 Å². The highest BCUT2D eigenvalue weighted by atomic mass is 35.5. The fourth-order valence-electron chi connectivity index (χ4n) is 5.17. The first-order chi connectivity index (χ1) is 18.3. The number of carbonyl (C=O) groups is 2. The fourth-order valence-corrected chi connectivity index (χ4v) is 7.44. The van der Waals surface area contributed by atoms with Crippen LogP contribution in [-0.2, 0) is 17.8 Å². The lowest BCUT2D eigenvalue weighted by atomic mass is 10.2. The van der Waals surface area contributed by atoms with Crippen LogP contribution in [0.4, 0.5) is 5.82 Å². The Kier molecular flexibility index (Phi) is 8.39. The first-order valence-electron chi connectivity index (χ1n) is 12.8. The van der Waals surface area contributed by atoms with Crippen LogP contribution in [0.15, 0.2) is 23.8 Å². The van der Waals surface area contributed by atoms with Gasteiger partial charge < -0.3 is 10.0 Å². The normalized spacial score (nSPS) is 20.8. The highest BCUT2D eigenvalue weighted by molar-refractivity contribution is 7.15. The molecule has 0 bridgehead atoms. The van der Waals surface area contributed by atoms with Gasteiger partial charge in [-0.2, -0.15) is 0 Å². The molecule has 38 heavy (non-hydrogen) atoms. The molecular weight excluding hydrogens is 544 g/mol. The number of anilines is 1. The largest absolute Gasteiger partial charge is 0.480 e. The maximum Gasteiger partial charge on any atom is 0.317 e. The summed E-state index contributed by atoms with van der Waals surface area (Å²) in [7, 11) is 0. The van der Waals surface area contributed by atoms with E-state index >= 15 is 0 Å². The number of rotatable bonds is 9. The number of nitrogens with zero attached hydrogens (tertiary/aromatic N) is 6. The minimum absolute atomic E-state index is 0.0358. The second-order valence-electron chi connectivity index (χ2n) is 10.0. The third kappa shape index (κ3) is 6.23. The van der Waals surface area contributed by atoms with Crippen LogP contribution in [0.1, 0.15) is 47.1 Å². The van der Waals surface area contributed by atoms with Crippen molar-refractivity contribution in [1.82, 2.24) is 24.8 Å². The van der Waals surface area contributed by atoms with Gasteiger partial charge in [0.1, 0.15) is 16.5 Å². The van der Waals surface area contributed by atoms with E-state index in [0.717, 1.165) is 33.5 Å². The van der Waals surface area contributed by atoms with Crippen LogP contribution in [0.25, 0.3) is 10.6 Å². The summed E-state index contributed by atoms with van der Waals surface area (Å²) in [5, 5.41) is 12.4. The smallest absolute Gasteiger partial charge is 0.317 e. The Morgan fingerprint density at radius 2 is 2.00 bits per heavy atom. The molecular formula is C26H31ClN6O3S2. The number of hydrogen-bond donors (Lipinski definition) is 1. The number of carboxylic acids is 1. The van der Waals surface area contributed by atoms with Crippen LogP contribution in [0.3, 0.4) is 0 Å². The number of likely N-dealkylation sites (tertiary alicyclic amines) is 1. The Morgan fingerprint density at radius 3 is 2.63 bits per heavy atom. The molecule has 0 radical (unpaired) electrons. The average Bonchev–Trinajstić information content (AvgIpc) is 3.59. The van der Waals surface area contributed by atoms with Gasteiger partial charge in [0.25, 0.3) is 0 Å². The molecule has 202 valence electrons. The van der Waals surface area contributed by atoms with Crippen LogP contribution in [0.2, 0.25) is 5.02 Å². The van der Waals surface area contributed by atoms with E-state index in [2.05, 4.69) is 26.7 Å². The molecule has 0 saturated carbocycles. The summed E-state index contributed by atoms with van der Waals surface area (Å²) in [4.78, 5) is 46.7. The maximum atomic E-state index is 13.1. The molecule has 2 aliphatic heterocycles. The quantitative estimate of drug-likeness (QED) is 0.374. The van der Waals surface area contributed by atoms with Gasteiger partial charge >= 0.3 is 5.97 Å². The summed E-state index contributed by atoms with van der Waals surface area (Å²) >= 11 is 9.37. The second-order valence-corrected chi connectivity index (χ2v) is 12.5. The molecule has 2 fully saturated rings. The van der Waals surface area contributed by atoms with Crippen molar-refractivity contribution in [2.75, 3.05) is 37.6 Å². The van der Waals surface area contributed by atoms with E-state index < -0.39 is 5.97 Å². The Balaban J connectivity index is 1.28. The number of Topliss-reactive ketones (excluding diaryl/α,β-unsaturated/α-hetero) is 1. The molecule has 1 N–H and O–H groups in total. The predicted octanol–water partition coefficient (Wildman–Crippen LogP) is 4.32. The molecule has 0 aliphatic carbocycles. The van der Waals surface area contributed by atoms with Crippen LogP contribution in [0, 0.1) is 0 Å². The number of carbonyl (C=O) groups excluding carboxylic acids is 1. The number of hydrogen-bond acceptors (Lipinski definition) is 10. The molecule has 5 rings (SSSR count). The third-order valence-electron chi connectivity index (χ3n) is 7.18. The summed E-state index contributed by atoms with van der Waals surface area (Å²) in [6, 6.07) is 2.57. The number of aromatic nitrogens is 3. The number of aliphatic carboxylic acids is 1. The van der Waals surface area contributed by atoms with Crippen LogP contribution in [-0.4, -0.2) is 86.4 Å². The molecule has 2 saturated heterocycles. The lowest BCUT2D eigenvalue weighted by molar-refractivity contribution is -0.138. The molecule has 3 aromatic heterocycles. The molecule has 2 atom stereocenters. The van der Waals surface area contributed by atoms with Crippen molar-refractivity contribution < 1.29 is 14.7 Å². The zero-order chi connectivity index (χ0) is 26.8. The van der Waals surface area contributed by atoms with E-state index in [4.69, 9.17) is 21.7 Å². The minimum Gasteiger partial charge on any atom is -0.480 e. The van der Waals surface area contributed by atoms with Gasteiger partial charge in [-0.3, -0.25) is 19.4 Å². The van der Waals surface area contributed by atoms with Crippen molar-refractivity contribution >= 4 is 51.8 Å². The van der Waals surface area contributed by atoms with Crippen LogP contribution in [0.5, 0.6) is 0 Å². The molecule has 0 spiro atoms. The fraction of sp³-hybridized carbons (Fsp3) is 0.500. The topological polar surface area (TPSA) is 103 Å². The van der Waals surface area contributed by atoms with E-state index in [1.807, 2.05) is 23.3 Å². The molecule has 0 amide bonds. The number of halogens is 1. The first kappa shape index (κ1) is 27.1. The van der Waals surface area contributed by atoms with Crippen molar-refractivity contribution in [3.8, 4) is 10.6 Å². The molecule has 5 heterocycles. The standard InChI is InChI=1S/C26H31ClN6O3S2/c1-16-4-3-5-32(16)13-22-26(21-8-18(27)15-37-21)30-24(38-22)9-20(34)19-10-29-23(11-28-19)33-7-6-31(12-17(33)2)14-25(35)36/h8,10-11,15-17H,3-7,9,12-14H2,1-2H3,(H,35,36)/t16-,17-/m1/s1. The van der Waals surface area contributed by atoms with Gasteiger partial charge in [0.15, 0.2) is 5.78 Å². The van der Waals surface area contributed by atoms with E-state index in [9.17, 15) is 9.59 Å². The Bertz CT molecular complexity index is 1300. The van der Waals surface area contributed by atoms with Gasteiger partial charge in [0, 0.05) is 48.5 Å². The SMILES string of the molecule is C[C@@H]1CCCN1Cc1sc(CC(=O)c2cnc(N3CCN(CC(=O)O)C[C@H]3C)cn2)nc1-c1cc(Cl)cs1. The molecule has 0 unspecified atom stereocenters. The summed E-state index contributed by atoms with van der Waals surface area (Å²) in [5.74, 6) is -0.247. The number of thiazole rings is 1. The second kappa shape index (κ2) is 11.7. The molecule has 9 nitrogen and oxygen atoms in total. The first-order valence-corrected chi connectivity index (χ1v) is 14.9. The predicted molar refractivity (Wildman–Crippen MR) is 150 cm³/mol. The average molecular weight is 575 g/mol. The number of carboxylic acid groups (broad SMARTS) is 1. The van der Waals surface area contributed by atoms with Crippen LogP contribution >= 0.6 is 34.3 Å². The summed E-state index contributed by atoms with van der Waals surface area (Å²) in [6.07, 6.45) is 5.75. The zero-order valence-corrected chi connectivity index (χ0v) is 23.9. The van der Waals surface area contributed by atoms with E-state index in [1.165, 1.54) is 19.0 Å². The molecule has 2 aliphatic rings. The van der Waals surface area contributed by atoms with Crippen LogP contribution < -0.4 is 4.90 Å². The Hall–Kier alpha value is -2.44. The van der Waals surface area contributed by atoms with Gasteiger partial charge in [-0.25, -0.2) is 15.0 Å². The Morgan fingerprint density at radius 1 is 1.16 bits per heavy atom. The van der Waals surface area contributed by atoms with Crippen molar-refractivity contribution in [2.45, 2.75) is 51.7 Å². The zero-order valence-electron chi connectivity index (χ0n) is 21.5. The van der Waals surface area contributed by atoms with E-state index in [0.29, 0.717) is 42.2 Å². The maximum absolute atomic E-state index is 13.1. The highest BCUT2D eigenvalue weighted by Crippen LogP contribution is 2.36. The number of ketones is 1. The monoisotopic (exact) mass is 574 g/mol.